The Balaban J connectivity index is 1.60. The van der Waals surface area contributed by atoms with Crippen LogP contribution < -0.4 is 14.2 Å². The number of fused-ring (bicyclic) bond motifs is 8. The number of hydrogen-bond acceptors (Lipinski definition) is 3. The zero-order valence-electron chi connectivity index (χ0n) is 21.3. The molecule has 0 N–H and O–H groups in total. The van der Waals surface area contributed by atoms with Crippen molar-refractivity contribution < 1.29 is 14.2 Å². The Bertz CT molecular complexity index is 1850. The second-order valence-corrected chi connectivity index (χ2v) is 9.60. The van der Waals surface area contributed by atoms with Gasteiger partial charge in [-0.1, -0.05) is 91.0 Å². The van der Waals surface area contributed by atoms with Gasteiger partial charge in [0.15, 0.2) is 5.60 Å². The lowest BCUT2D eigenvalue weighted by Crippen LogP contribution is -2.34. The Morgan fingerprint density at radius 2 is 1.16 bits per heavy atom. The monoisotopic (exact) mass is 494 g/mol. The van der Waals surface area contributed by atoms with E-state index in [0.29, 0.717) is 0 Å². The predicted octanol–water partition coefficient (Wildman–Crippen LogP) is 8.51. The Kier molecular flexibility index (Phi) is 5.12. The fourth-order valence-corrected chi connectivity index (χ4v) is 5.85. The molecule has 7 rings (SSSR count). The van der Waals surface area contributed by atoms with Crippen LogP contribution in [0.1, 0.15) is 16.7 Å². The summed E-state index contributed by atoms with van der Waals surface area (Å²) in [6.45, 7) is 0. The molecular formula is C35H26O3. The Morgan fingerprint density at radius 1 is 0.579 bits per heavy atom. The summed E-state index contributed by atoms with van der Waals surface area (Å²) in [5, 5.41) is 6.96. The summed E-state index contributed by atoms with van der Waals surface area (Å²) < 4.78 is 18.7. The molecule has 0 aliphatic carbocycles. The first kappa shape index (κ1) is 22.4. The smallest absolute Gasteiger partial charge is 0.178 e. The summed E-state index contributed by atoms with van der Waals surface area (Å²) in [7, 11) is 3.41. The molecule has 1 heterocycles. The minimum Gasteiger partial charge on any atom is -0.497 e. The van der Waals surface area contributed by atoms with Crippen LogP contribution in [-0.2, 0) is 5.60 Å². The van der Waals surface area contributed by atoms with Gasteiger partial charge in [-0.3, -0.25) is 0 Å². The molecule has 0 fully saturated rings. The molecule has 0 amide bonds. The second kappa shape index (κ2) is 8.67. The van der Waals surface area contributed by atoms with Crippen LogP contribution in [0, 0.1) is 0 Å². The maximum Gasteiger partial charge on any atom is 0.178 e. The molecule has 0 aromatic heterocycles. The fraction of sp³-hybridized carbons (Fsp3) is 0.0857. The van der Waals surface area contributed by atoms with E-state index in [1.807, 2.05) is 18.2 Å². The normalized spacial score (nSPS) is 16.4. The molecule has 0 bridgehead atoms. The summed E-state index contributed by atoms with van der Waals surface area (Å²) in [6.07, 6.45) is 4.29. The van der Waals surface area contributed by atoms with Crippen molar-refractivity contribution in [3.8, 4) is 17.2 Å². The average molecular weight is 495 g/mol. The highest BCUT2D eigenvalue weighted by molar-refractivity contribution is 6.27. The molecule has 0 saturated heterocycles. The van der Waals surface area contributed by atoms with E-state index in [2.05, 4.69) is 103 Å². The zero-order valence-corrected chi connectivity index (χ0v) is 21.3. The first-order valence-electron chi connectivity index (χ1n) is 12.8. The van der Waals surface area contributed by atoms with E-state index in [1.165, 1.54) is 16.2 Å². The third-order valence-electron chi connectivity index (χ3n) is 7.67. The molecule has 3 nitrogen and oxygen atoms in total. The molecule has 184 valence electrons. The lowest BCUT2D eigenvalue weighted by atomic mass is 9.82. The molecule has 6 aromatic carbocycles. The van der Waals surface area contributed by atoms with E-state index >= 15 is 0 Å². The van der Waals surface area contributed by atoms with E-state index in [9.17, 15) is 0 Å². The SMILES string of the molecule is COc1ccc(C2(c3ccccc3)C=Cc3c(OC)cc4c5ccccc5c5ccccc5c4c3O2)cc1. The lowest BCUT2D eigenvalue weighted by molar-refractivity contribution is 0.163. The van der Waals surface area contributed by atoms with Crippen LogP contribution in [0.3, 0.4) is 0 Å². The zero-order chi connectivity index (χ0) is 25.7. The molecule has 1 aliphatic heterocycles. The van der Waals surface area contributed by atoms with Gasteiger partial charge in [-0.15, -0.1) is 0 Å². The molecule has 0 radical (unpaired) electrons. The van der Waals surface area contributed by atoms with E-state index in [4.69, 9.17) is 14.2 Å². The van der Waals surface area contributed by atoms with Gasteiger partial charge in [-0.2, -0.15) is 0 Å². The second-order valence-electron chi connectivity index (χ2n) is 9.60. The van der Waals surface area contributed by atoms with E-state index in [-0.39, 0.29) is 0 Å². The van der Waals surface area contributed by atoms with Crippen molar-refractivity contribution >= 4 is 38.4 Å². The lowest BCUT2D eigenvalue weighted by Gasteiger charge is -2.37. The summed E-state index contributed by atoms with van der Waals surface area (Å²) >= 11 is 0. The largest absolute Gasteiger partial charge is 0.497 e. The molecule has 38 heavy (non-hydrogen) atoms. The van der Waals surface area contributed by atoms with E-state index in [1.54, 1.807) is 14.2 Å². The van der Waals surface area contributed by atoms with Gasteiger partial charge in [0.2, 0.25) is 0 Å². The number of benzene rings is 6. The van der Waals surface area contributed by atoms with Crippen LogP contribution in [-0.4, -0.2) is 14.2 Å². The van der Waals surface area contributed by atoms with Gasteiger partial charge in [-0.25, -0.2) is 0 Å². The maximum absolute atomic E-state index is 7.27. The van der Waals surface area contributed by atoms with E-state index < -0.39 is 5.60 Å². The summed E-state index contributed by atoms with van der Waals surface area (Å²) in [4.78, 5) is 0. The van der Waals surface area contributed by atoms with Gasteiger partial charge in [0.05, 0.1) is 19.8 Å². The Hall–Kier alpha value is -4.76. The highest BCUT2D eigenvalue weighted by Gasteiger charge is 2.39. The molecule has 0 saturated carbocycles. The number of methoxy groups -OCH3 is 2. The van der Waals surface area contributed by atoms with E-state index in [0.717, 1.165) is 50.1 Å². The van der Waals surface area contributed by atoms with Gasteiger partial charge in [0.1, 0.15) is 17.2 Å². The van der Waals surface area contributed by atoms with Gasteiger partial charge in [0.25, 0.3) is 0 Å². The summed E-state index contributed by atoms with van der Waals surface area (Å²) in [6, 6.07) is 37.8. The number of rotatable bonds is 4. The van der Waals surface area contributed by atoms with Crippen molar-refractivity contribution in [2.24, 2.45) is 0 Å². The van der Waals surface area contributed by atoms with Crippen LogP contribution in [0.5, 0.6) is 17.2 Å². The predicted molar refractivity (Wildman–Crippen MR) is 155 cm³/mol. The molecule has 1 aliphatic rings. The standard InChI is InChI=1S/C35H26O3/c1-36-25-18-16-24(17-19-25)35(23-10-4-3-5-11-23)21-20-30-32(37-2)22-31-28-14-7-6-12-26(28)27-13-8-9-15-29(27)33(31)34(30)38-35/h3-22H,1-2H3. The topological polar surface area (TPSA) is 27.7 Å². The molecule has 3 heteroatoms. The highest BCUT2D eigenvalue weighted by atomic mass is 16.5. The first-order valence-corrected chi connectivity index (χ1v) is 12.8. The third-order valence-corrected chi connectivity index (χ3v) is 7.67. The maximum atomic E-state index is 7.27. The first-order chi connectivity index (χ1) is 18.7. The van der Waals surface area contributed by atoms with Gasteiger partial charge >= 0.3 is 0 Å². The van der Waals surface area contributed by atoms with Gasteiger partial charge < -0.3 is 14.2 Å². The van der Waals surface area contributed by atoms with Crippen molar-refractivity contribution in [2.75, 3.05) is 14.2 Å². The molecule has 6 aromatic rings. The quantitative estimate of drug-likeness (QED) is 0.230. The minimum absolute atomic E-state index is 0.792. The summed E-state index contributed by atoms with van der Waals surface area (Å²) in [5.41, 5.74) is 2.19. The Morgan fingerprint density at radius 3 is 1.82 bits per heavy atom. The van der Waals surface area contributed by atoms with Crippen LogP contribution in [0.15, 0.2) is 115 Å². The van der Waals surface area contributed by atoms with Crippen molar-refractivity contribution in [3.63, 3.8) is 0 Å². The van der Waals surface area contributed by atoms with Crippen molar-refractivity contribution in [1.29, 1.82) is 0 Å². The van der Waals surface area contributed by atoms with Crippen LogP contribution in [0.4, 0.5) is 0 Å². The van der Waals surface area contributed by atoms with Crippen LogP contribution in [0.25, 0.3) is 38.4 Å². The fourth-order valence-electron chi connectivity index (χ4n) is 5.85. The molecule has 1 atom stereocenters. The minimum atomic E-state index is -0.827. The van der Waals surface area contributed by atoms with Crippen LogP contribution >= 0.6 is 0 Å². The van der Waals surface area contributed by atoms with Gasteiger partial charge in [-0.05, 0) is 57.3 Å². The number of ether oxygens (including phenoxy) is 3. The van der Waals surface area contributed by atoms with Crippen molar-refractivity contribution in [2.45, 2.75) is 5.60 Å². The molecular weight excluding hydrogens is 468 g/mol. The summed E-state index contributed by atoms with van der Waals surface area (Å²) in [5.74, 6) is 2.42. The average Bonchev–Trinajstić information content (AvgIpc) is 3.00. The third kappa shape index (κ3) is 3.22. The van der Waals surface area contributed by atoms with Crippen molar-refractivity contribution in [1.82, 2.24) is 0 Å². The Labute approximate surface area is 221 Å². The molecule has 0 spiro atoms. The highest BCUT2D eigenvalue weighted by Crippen LogP contribution is 2.51. The van der Waals surface area contributed by atoms with Crippen LogP contribution in [0.2, 0.25) is 0 Å². The van der Waals surface area contributed by atoms with Gasteiger partial charge in [0, 0.05) is 16.5 Å². The van der Waals surface area contributed by atoms with Crippen molar-refractivity contribution in [3.05, 3.63) is 132 Å². The number of hydrogen-bond donors (Lipinski definition) is 0. The molecule has 1 unspecified atom stereocenters.